The molecule has 0 aromatic carbocycles. The molecule has 0 aliphatic heterocycles. The average molecular weight is 243 g/mol. The van der Waals surface area contributed by atoms with Crippen molar-refractivity contribution in [2.75, 3.05) is 0 Å². The van der Waals surface area contributed by atoms with Gasteiger partial charge in [0.05, 0.1) is 0 Å². The third kappa shape index (κ3) is 5.44. The van der Waals surface area contributed by atoms with Crippen molar-refractivity contribution in [1.82, 2.24) is 4.72 Å². The van der Waals surface area contributed by atoms with Crippen LogP contribution in [0, 0.1) is 0 Å². The fraction of sp³-hybridized carbons (Fsp3) is 0.778. The summed E-state index contributed by atoms with van der Waals surface area (Å²) >= 11 is -1.73. The maximum absolute atomic E-state index is 12.4. The summed E-state index contributed by atoms with van der Waals surface area (Å²) in [5.74, 6) is 0. The van der Waals surface area contributed by atoms with Gasteiger partial charge in [-0.25, -0.2) is 0 Å². The minimum atomic E-state index is -4.41. The molecule has 0 aromatic heterocycles. The third-order valence-electron chi connectivity index (χ3n) is 1.60. The molecule has 15 heavy (non-hydrogen) atoms. The zero-order valence-electron chi connectivity index (χ0n) is 9.02. The molecule has 0 aromatic rings. The highest BCUT2D eigenvalue weighted by atomic mass is 32.2. The summed E-state index contributed by atoms with van der Waals surface area (Å²) in [7, 11) is 0. The molecule has 0 aliphatic carbocycles. The van der Waals surface area contributed by atoms with E-state index >= 15 is 0 Å². The molecule has 2 atom stereocenters. The van der Waals surface area contributed by atoms with Crippen molar-refractivity contribution in [3.05, 3.63) is 12.7 Å². The fourth-order valence-corrected chi connectivity index (χ4v) is 1.56. The summed E-state index contributed by atoms with van der Waals surface area (Å²) in [5.41, 5.74) is 0. The molecule has 0 radical (unpaired) electrons. The maximum atomic E-state index is 12.4. The van der Waals surface area contributed by atoms with Crippen LogP contribution in [-0.2, 0) is 11.4 Å². The van der Waals surface area contributed by atoms with Gasteiger partial charge in [0, 0.05) is 11.4 Å². The predicted octanol–water partition coefficient (Wildman–Crippen LogP) is 2.55. The largest absolute Gasteiger partial charge is 0.598 e. The van der Waals surface area contributed by atoms with Gasteiger partial charge in [-0.05, 0) is 27.2 Å². The smallest absolute Gasteiger partial charge is 0.408 e. The van der Waals surface area contributed by atoms with Crippen molar-refractivity contribution in [2.45, 2.75) is 44.2 Å². The Balaban J connectivity index is 4.49. The molecule has 0 amide bonds. The summed E-state index contributed by atoms with van der Waals surface area (Å²) in [6.45, 7) is 8.07. The van der Waals surface area contributed by atoms with E-state index in [9.17, 15) is 17.7 Å². The number of alkyl halides is 3. The van der Waals surface area contributed by atoms with E-state index in [4.69, 9.17) is 0 Å². The lowest BCUT2D eigenvalue weighted by Gasteiger charge is -2.28. The minimum Gasteiger partial charge on any atom is -0.598 e. The molecule has 0 fully saturated rings. The first-order valence-electron chi connectivity index (χ1n) is 4.44. The van der Waals surface area contributed by atoms with E-state index in [-0.39, 0.29) is 6.42 Å². The Morgan fingerprint density at radius 3 is 2.13 bits per heavy atom. The lowest BCUT2D eigenvalue weighted by atomic mass is 10.2. The quantitative estimate of drug-likeness (QED) is 0.608. The van der Waals surface area contributed by atoms with Crippen LogP contribution in [0.4, 0.5) is 13.2 Å². The van der Waals surface area contributed by atoms with E-state index in [0.29, 0.717) is 0 Å². The Morgan fingerprint density at radius 1 is 1.40 bits per heavy atom. The molecule has 0 saturated heterocycles. The molecule has 90 valence electrons. The van der Waals surface area contributed by atoms with Gasteiger partial charge in [0.1, 0.15) is 4.75 Å². The number of hydrogen-bond acceptors (Lipinski definition) is 2. The van der Waals surface area contributed by atoms with Gasteiger partial charge < -0.3 is 4.55 Å². The molecular weight excluding hydrogens is 227 g/mol. The number of rotatable bonds is 4. The van der Waals surface area contributed by atoms with E-state index in [1.807, 2.05) is 0 Å². The summed E-state index contributed by atoms with van der Waals surface area (Å²) in [5, 5.41) is 0. The van der Waals surface area contributed by atoms with Crippen molar-refractivity contribution in [3.8, 4) is 0 Å². The van der Waals surface area contributed by atoms with Gasteiger partial charge in [-0.3, -0.25) is 0 Å². The van der Waals surface area contributed by atoms with Crippen molar-refractivity contribution in [2.24, 2.45) is 0 Å². The van der Waals surface area contributed by atoms with Gasteiger partial charge in [0.15, 0.2) is 6.04 Å². The zero-order chi connectivity index (χ0) is 12.3. The van der Waals surface area contributed by atoms with E-state index in [1.165, 1.54) is 0 Å². The predicted molar refractivity (Wildman–Crippen MR) is 55.7 cm³/mol. The van der Waals surface area contributed by atoms with Crippen LogP contribution in [0.3, 0.4) is 0 Å². The second-order valence-corrected chi connectivity index (χ2v) is 6.12. The molecule has 0 saturated carbocycles. The molecule has 6 heteroatoms. The normalized spacial score (nSPS) is 17.3. The molecular formula is C9H16F3NOS. The lowest BCUT2D eigenvalue weighted by Crippen LogP contribution is -2.50. The Bertz CT molecular complexity index is 212. The van der Waals surface area contributed by atoms with Crippen LogP contribution < -0.4 is 4.72 Å². The first kappa shape index (κ1) is 14.8. The van der Waals surface area contributed by atoms with Gasteiger partial charge in [-0.2, -0.15) is 13.2 Å². The van der Waals surface area contributed by atoms with Crippen molar-refractivity contribution in [1.29, 1.82) is 0 Å². The Labute approximate surface area is 91.2 Å². The summed E-state index contributed by atoms with van der Waals surface area (Å²) in [6, 6.07) is -1.80. The molecule has 0 spiro atoms. The highest BCUT2D eigenvalue weighted by Gasteiger charge is 2.43. The van der Waals surface area contributed by atoms with E-state index in [0.717, 1.165) is 6.08 Å². The van der Waals surface area contributed by atoms with Crippen molar-refractivity contribution < 1.29 is 17.7 Å². The second kappa shape index (κ2) is 5.23. The van der Waals surface area contributed by atoms with Gasteiger partial charge in [-0.1, -0.05) is 6.08 Å². The van der Waals surface area contributed by atoms with Crippen LogP contribution in [0.1, 0.15) is 27.2 Å². The maximum Gasteiger partial charge on any atom is 0.408 e. The summed E-state index contributed by atoms with van der Waals surface area (Å²) < 4.78 is 50.1. The summed E-state index contributed by atoms with van der Waals surface area (Å²) in [4.78, 5) is 0. The van der Waals surface area contributed by atoms with Crippen LogP contribution in [0.25, 0.3) is 0 Å². The van der Waals surface area contributed by atoms with Crippen LogP contribution in [0.15, 0.2) is 12.7 Å². The molecule has 0 heterocycles. The van der Waals surface area contributed by atoms with Crippen LogP contribution in [0.2, 0.25) is 0 Å². The standard InChI is InChI=1S/C9H16F3NOS/c1-5-6-7(9(10,11)12)13-15(14)8(2,3)4/h5,7,13H,1,6H2,2-4H3/t7-,15-/m0/s1. The summed E-state index contributed by atoms with van der Waals surface area (Å²) in [6.07, 6.45) is -3.54. The zero-order valence-corrected chi connectivity index (χ0v) is 9.84. The Morgan fingerprint density at radius 2 is 1.87 bits per heavy atom. The van der Waals surface area contributed by atoms with E-state index < -0.39 is 28.3 Å². The second-order valence-electron chi connectivity index (χ2n) is 4.12. The Hall–Kier alpha value is -0.200. The molecule has 0 aliphatic rings. The van der Waals surface area contributed by atoms with E-state index in [2.05, 4.69) is 11.3 Å². The minimum absolute atomic E-state index is 0.286. The third-order valence-corrected chi connectivity index (χ3v) is 3.21. The Kier molecular flexibility index (Phi) is 5.16. The van der Waals surface area contributed by atoms with Crippen LogP contribution >= 0.6 is 0 Å². The van der Waals surface area contributed by atoms with E-state index in [1.54, 1.807) is 20.8 Å². The van der Waals surface area contributed by atoms with Gasteiger partial charge in [0.2, 0.25) is 0 Å². The van der Waals surface area contributed by atoms with Crippen molar-refractivity contribution in [3.63, 3.8) is 0 Å². The fourth-order valence-electron chi connectivity index (χ4n) is 0.721. The number of nitrogens with one attached hydrogen (secondary N) is 1. The van der Waals surface area contributed by atoms with Gasteiger partial charge in [0.25, 0.3) is 0 Å². The highest BCUT2D eigenvalue weighted by molar-refractivity contribution is 7.90. The lowest BCUT2D eigenvalue weighted by molar-refractivity contribution is -0.150. The molecule has 0 unspecified atom stereocenters. The first-order valence-corrected chi connectivity index (χ1v) is 5.59. The SMILES string of the molecule is C=CC[C@H](N[S@@+]([O-])C(C)(C)C)C(F)(F)F. The first-order chi connectivity index (χ1) is 6.59. The monoisotopic (exact) mass is 243 g/mol. The highest BCUT2D eigenvalue weighted by Crippen LogP contribution is 2.25. The van der Waals surface area contributed by atoms with Crippen molar-refractivity contribution >= 4 is 11.4 Å². The molecule has 2 nitrogen and oxygen atoms in total. The molecule has 0 rings (SSSR count). The van der Waals surface area contributed by atoms with Gasteiger partial charge in [-0.15, -0.1) is 11.3 Å². The number of halogens is 3. The number of hydrogen-bond donors (Lipinski definition) is 1. The average Bonchev–Trinajstić information content (AvgIpc) is 1.99. The van der Waals surface area contributed by atoms with Gasteiger partial charge >= 0.3 is 6.18 Å². The molecule has 0 bridgehead atoms. The molecule has 1 N–H and O–H groups in total. The van der Waals surface area contributed by atoms with Crippen LogP contribution in [-0.4, -0.2) is 21.5 Å². The van der Waals surface area contributed by atoms with Crippen LogP contribution in [0.5, 0.6) is 0 Å². The topological polar surface area (TPSA) is 35.1 Å².